The van der Waals surface area contributed by atoms with Crippen molar-refractivity contribution in [1.82, 2.24) is 0 Å². The third kappa shape index (κ3) is 3.97. The van der Waals surface area contributed by atoms with E-state index < -0.39 is 0 Å². The smallest absolute Gasteiger partial charge is 0.0992 e. The summed E-state index contributed by atoms with van der Waals surface area (Å²) >= 11 is 0. The first-order valence-electron chi connectivity index (χ1n) is 16.4. The molecule has 0 N–H and O–H groups in total. The Balaban J connectivity index is 1.09. The maximum absolute atomic E-state index is 10.1. The molecule has 0 fully saturated rings. The molecule has 0 aliphatic heterocycles. The molecule has 9 aromatic rings. The van der Waals surface area contributed by atoms with Gasteiger partial charge in [0.2, 0.25) is 0 Å². The van der Waals surface area contributed by atoms with Crippen LogP contribution in [0.3, 0.4) is 0 Å². The minimum absolute atomic E-state index is 0.660. The Morgan fingerprint density at radius 2 is 0.917 bits per heavy atom. The Kier molecular flexibility index (Phi) is 5.71. The molecule has 0 bridgehead atoms. The number of benzene rings is 9. The molecular formula is C47H27N. The molecule has 1 nitrogen and oxygen atoms in total. The van der Waals surface area contributed by atoms with E-state index in [2.05, 4.69) is 158 Å². The molecule has 48 heavy (non-hydrogen) atoms. The lowest BCUT2D eigenvalue weighted by Crippen LogP contribution is -1.88. The fourth-order valence-electron chi connectivity index (χ4n) is 7.96. The molecule has 0 heterocycles. The third-order valence-corrected chi connectivity index (χ3v) is 10.2. The molecule has 10 rings (SSSR count). The fourth-order valence-corrected chi connectivity index (χ4v) is 7.96. The molecule has 1 heteroatoms. The van der Waals surface area contributed by atoms with Crippen molar-refractivity contribution in [2.24, 2.45) is 0 Å². The van der Waals surface area contributed by atoms with Crippen LogP contribution in [0.1, 0.15) is 5.56 Å². The fraction of sp³-hybridized carbons (Fsp3) is 0. The van der Waals surface area contributed by atoms with Gasteiger partial charge in [-0.3, -0.25) is 0 Å². The highest BCUT2D eigenvalue weighted by Crippen LogP contribution is 2.49. The lowest BCUT2D eigenvalue weighted by atomic mass is 9.90. The van der Waals surface area contributed by atoms with Gasteiger partial charge in [-0.05, 0) is 135 Å². The highest BCUT2D eigenvalue weighted by molar-refractivity contribution is 6.19. The van der Waals surface area contributed by atoms with E-state index in [-0.39, 0.29) is 0 Å². The van der Waals surface area contributed by atoms with E-state index in [9.17, 15) is 5.26 Å². The van der Waals surface area contributed by atoms with Crippen LogP contribution >= 0.6 is 0 Å². The summed E-state index contributed by atoms with van der Waals surface area (Å²) in [5, 5.41) is 20.1. The molecule has 0 unspecified atom stereocenters. The molecule has 220 valence electrons. The van der Waals surface area contributed by atoms with Gasteiger partial charge in [0.25, 0.3) is 0 Å². The highest BCUT2D eigenvalue weighted by atomic mass is 14.3. The topological polar surface area (TPSA) is 23.8 Å². The maximum atomic E-state index is 10.1. The highest BCUT2D eigenvalue weighted by Gasteiger charge is 2.22. The molecule has 0 radical (unpaired) electrons. The zero-order valence-electron chi connectivity index (χ0n) is 26.0. The SMILES string of the molecule is N#Cc1cc(-c2ccc3cc(-c4cc5ccccc5c5ccccc45)ccc3c2)cc(-c2ccc3c4c(cccc24)-c2ccccc2-3)c1. The largest absolute Gasteiger partial charge is 0.192 e. The quantitative estimate of drug-likeness (QED) is 0.184. The number of rotatable bonds is 3. The summed E-state index contributed by atoms with van der Waals surface area (Å²) in [6, 6.07) is 61.5. The Morgan fingerprint density at radius 3 is 1.73 bits per heavy atom. The Morgan fingerprint density at radius 1 is 0.312 bits per heavy atom. The van der Waals surface area contributed by atoms with Crippen molar-refractivity contribution in [1.29, 1.82) is 5.26 Å². The maximum Gasteiger partial charge on any atom is 0.0992 e. The van der Waals surface area contributed by atoms with Gasteiger partial charge in [0.05, 0.1) is 11.6 Å². The first-order chi connectivity index (χ1) is 23.7. The van der Waals surface area contributed by atoms with Gasteiger partial charge >= 0.3 is 0 Å². The van der Waals surface area contributed by atoms with Gasteiger partial charge in [-0.15, -0.1) is 0 Å². The van der Waals surface area contributed by atoms with Crippen molar-refractivity contribution in [3.8, 4) is 61.7 Å². The summed E-state index contributed by atoms with van der Waals surface area (Å²) in [6.07, 6.45) is 0. The van der Waals surface area contributed by atoms with Crippen LogP contribution in [-0.4, -0.2) is 0 Å². The van der Waals surface area contributed by atoms with Crippen molar-refractivity contribution in [3.63, 3.8) is 0 Å². The van der Waals surface area contributed by atoms with Crippen LogP contribution in [-0.2, 0) is 0 Å². The normalized spacial score (nSPS) is 11.7. The van der Waals surface area contributed by atoms with Crippen LogP contribution in [0, 0.1) is 11.3 Å². The monoisotopic (exact) mass is 605 g/mol. The van der Waals surface area contributed by atoms with E-state index in [1.807, 2.05) is 12.1 Å². The molecular weight excluding hydrogens is 579 g/mol. The predicted molar refractivity (Wildman–Crippen MR) is 202 cm³/mol. The average molecular weight is 606 g/mol. The van der Waals surface area contributed by atoms with E-state index in [1.54, 1.807) is 0 Å². The Bertz CT molecular complexity index is 2820. The zero-order chi connectivity index (χ0) is 31.8. The molecule has 0 amide bonds. The Labute approximate surface area is 278 Å². The summed E-state index contributed by atoms with van der Waals surface area (Å²) in [7, 11) is 0. The summed E-state index contributed by atoms with van der Waals surface area (Å²) < 4.78 is 0. The number of hydrogen-bond acceptors (Lipinski definition) is 1. The summed E-state index contributed by atoms with van der Waals surface area (Å²) in [5.41, 5.74) is 12.6. The molecule has 1 aliphatic carbocycles. The minimum Gasteiger partial charge on any atom is -0.192 e. The van der Waals surface area contributed by atoms with Gasteiger partial charge in [0.1, 0.15) is 0 Å². The molecule has 9 aromatic carbocycles. The summed E-state index contributed by atoms with van der Waals surface area (Å²) in [6.45, 7) is 0. The number of nitrogens with zero attached hydrogens (tertiary/aromatic N) is 1. The van der Waals surface area contributed by atoms with Crippen LogP contribution in [0.15, 0.2) is 164 Å². The van der Waals surface area contributed by atoms with Gasteiger partial charge in [-0.2, -0.15) is 5.26 Å². The molecule has 0 aromatic heterocycles. The van der Waals surface area contributed by atoms with Gasteiger partial charge in [0, 0.05) is 0 Å². The molecule has 0 saturated carbocycles. The first-order valence-corrected chi connectivity index (χ1v) is 16.4. The van der Waals surface area contributed by atoms with Gasteiger partial charge in [0.15, 0.2) is 0 Å². The van der Waals surface area contributed by atoms with Crippen molar-refractivity contribution < 1.29 is 0 Å². The number of nitriles is 1. The lowest BCUT2D eigenvalue weighted by molar-refractivity contribution is 1.48. The molecule has 0 atom stereocenters. The van der Waals surface area contributed by atoms with Crippen molar-refractivity contribution >= 4 is 43.1 Å². The predicted octanol–water partition coefficient (Wildman–Crippen LogP) is 12.8. The van der Waals surface area contributed by atoms with Gasteiger partial charge in [-0.1, -0.05) is 127 Å². The second kappa shape index (κ2) is 10.3. The minimum atomic E-state index is 0.660. The van der Waals surface area contributed by atoms with E-state index in [0.717, 1.165) is 22.3 Å². The first kappa shape index (κ1) is 26.7. The summed E-state index contributed by atoms with van der Waals surface area (Å²) in [5.74, 6) is 0. The Hall–Kier alpha value is -6.49. The summed E-state index contributed by atoms with van der Waals surface area (Å²) in [4.78, 5) is 0. The van der Waals surface area contributed by atoms with Crippen molar-refractivity contribution in [3.05, 3.63) is 169 Å². The molecule has 0 saturated heterocycles. The standard InChI is InChI=1S/C47H27N/c48-28-29-22-35(26-36(23-29)38-20-21-45-41-12-5-4-11-40(41)44-15-7-14-43(38)47(44)45)32-17-16-31-25-34(19-18-30(31)24-32)46-27-33-8-1-2-9-37(33)39-10-3-6-13-42(39)46/h1-27H. The second-order valence-electron chi connectivity index (χ2n) is 12.8. The molecule has 0 spiro atoms. The van der Waals surface area contributed by atoms with Crippen LogP contribution in [0.25, 0.3) is 98.7 Å². The van der Waals surface area contributed by atoms with Crippen molar-refractivity contribution in [2.45, 2.75) is 0 Å². The van der Waals surface area contributed by atoms with Crippen LogP contribution in [0.5, 0.6) is 0 Å². The van der Waals surface area contributed by atoms with Gasteiger partial charge < -0.3 is 0 Å². The molecule has 1 aliphatic rings. The third-order valence-electron chi connectivity index (χ3n) is 10.2. The zero-order valence-corrected chi connectivity index (χ0v) is 26.0. The second-order valence-corrected chi connectivity index (χ2v) is 12.8. The van der Waals surface area contributed by atoms with Gasteiger partial charge in [-0.25, -0.2) is 0 Å². The van der Waals surface area contributed by atoms with Crippen LogP contribution in [0.2, 0.25) is 0 Å². The number of hydrogen-bond donors (Lipinski definition) is 0. The van der Waals surface area contributed by atoms with E-state index >= 15 is 0 Å². The van der Waals surface area contributed by atoms with Crippen molar-refractivity contribution in [2.75, 3.05) is 0 Å². The lowest BCUT2D eigenvalue weighted by Gasteiger charge is -2.13. The van der Waals surface area contributed by atoms with E-state index in [1.165, 1.54) is 76.5 Å². The number of fused-ring (bicyclic) bond motifs is 7. The average Bonchev–Trinajstić information content (AvgIpc) is 3.49. The van der Waals surface area contributed by atoms with E-state index in [0.29, 0.717) is 5.56 Å². The van der Waals surface area contributed by atoms with E-state index in [4.69, 9.17) is 0 Å². The van der Waals surface area contributed by atoms with Crippen LogP contribution in [0.4, 0.5) is 0 Å². The van der Waals surface area contributed by atoms with Crippen LogP contribution < -0.4 is 0 Å².